The maximum atomic E-state index is 6.49. The van der Waals surface area contributed by atoms with Crippen LogP contribution in [0.1, 0.15) is 36.1 Å². The molecule has 0 spiro atoms. The fourth-order valence-corrected chi connectivity index (χ4v) is 10.6. The second-order valence-electron chi connectivity index (χ2n) is 17.1. The monoisotopic (exact) mass is 766 g/mol. The van der Waals surface area contributed by atoms with Crippen LogP contribution < -0.4 is 0 Å². The van der Waals surface area contributed by atoms with Gasteiger partial charge in [-0.3, -0.25) is 0 Å². The minimum atomic E-state index is -0.202. The van der Waals surface area contributed by atoms with Crippen LogP contribution in [-0.2, 0) is 11.8 Å². The SMILES string of the molecule is CC1(C)c2cc(-c3ccc4oc5c(ccc6c7ccccc7oc65)c4c3)ccc2-c2ccc(-c3c4ccccc4c(-c4ccc5c(c4)CC=CC=C5)c4ccccc34)cc21. The molecule has 60 heavy (non-hydrogen) atoms. The summed E-state index contributed by atoms with van der Waals surface area (Å²) < 4.78 is 12.8. The minimum absolute atomic E-state index is 0.202. The summed E-state index contributed by atoms with van der Waals surface area (Å²) in [6, 6.07) is 58.4. The third kappa shape index (κ3) is 4.70. The van der Waals surface area contributed by atoms with Crippen molar-refractivity contribution in [3.63, 3.8) is 0 Å². The van der Waals surface area contributed by atoms with Gasteiger partial charge >= 0.3 is 0 Å². The predicted octanol–water partition coefficient (Wildman–Crippen LogP) is 16.2. The molecule has 0 atom stereocenters. The number of furan rings is 2. The van der Waals surface area contributed by atoms with Crippen LogP contribution in [0.3, 0.4) is 0 Å². The Labute approximate surface area is 347 Å². The average molecular weight is 767 g/mol. The van der Waals surface area contributed by atoms with Gasteiger partial charge in [0.15, 0.2) is 11.2 Å². The number of allylic oxidation sites excluding steroid dienone is 3. The van der Waals surface area contributed by atoms with E-state index in [1.54, 1.807) is 0 Å². The molecular weight excluding hydrogens is 729 g/mol. The molecule has 0 amide bonds. The van der Waals surface area contributed by atoms with Crippen LogP contribution in [0.25, 0.3) is 116 Å². The molecule has 2 heterocycles. The molecule has 11 aromatic rings. The van der Waals surface area contributed by atoms with Gasteiger partial charge in [0.05, 0.1) is 0 Å². The van der Waals surface area contributed by atoms with E-state index in [0.29, 0.717) is 0 Å². The molecule has 9 aromatic carbocycles. The van der Waals surface area contributed by atoms with Gasteiger partial charge in [-0.15, -0.1) is 0 Å². The summed E-state index contributed by atoms with van der Waals surface area (Å²) in [5.74, 6) is 0. The smallest absolute Gasteiger partial charge is 0.178 e. The zero-order valence-corrected chi connectivity index (χ0v) is 33.3. The molecule has 0 fully saturated rings. The van der Waals surface area contributed by atoms with Crippen molar-refractivity contribution in [3.8, 4) is 44.5 Å². The van der Waals surface area contributed by atoms with E-state index in [4.69, 9.17) is 8.83 Å². The molecule has 0 bridgehead atoms. The first-order valence-corrected chi connectivity index (χ1v) is 21.0. The maximum absolute atomic E-state index is 6.49. The van der Waals surface area contributed by atoms with Crippen LogP contribution >= 0.6 is 0 Å². The molecule has 0 radical (unpaired) electrons. The quantitative estimate of drug-likeness (QED) is 0.167. The van der Waals surface area contributed by atoms with Gasteiger partial charge < -0.3 is 8.83 Å². The van der Waals surface area contributed by atoms with Crippen molar-refractivity contribution in [1.82, 2.24) is 0 Å². The van der Waals surface area contributed by atoms with Gasteiger partial charge in [0.1, 0.15) is 11.2 Å². The van der Waals surface area contributed by atoms with Gasteiger partial charge in [-0.1, -0.05) is 153 Å². The molecule has 0 saturated carbocycles. The molecule has 2 aliphatic carbocycles. The predicted molar refractivity (Wildman–Crippen MR) is 252 cm³/mol. The van der Waals surface area contributed by atoms with Gasteiger partial charge in [0, 0.05) is 27.0 Å². The fraction of sp³-hybridized carbons (Fsp3) is 0.0690. The largest absolute Gasteiger partial charge is 0.452 e. The number of para-hydroxylation sites is 1. The van der Waals surface area contributed by atoms with Gasteiger partial charge in [0.2, 0.25) is 0 Å². The van der Waals surface area contributed by atoms with Crippen LogP contribution in [-0.4, -0.2) is 0 Å². The lowest BCUT2D eigenvalue weighted by Crippen LogP contribution is -2.15. The van der Waals surface area contributed by atoms with Crippen molar-refractivity contribution in [2.45, 2.75) is 25.7 Å². The first-order chi connectivity index (χ1) is 29.5. The molecule has 0 saturated heterocycles. The molecular formula is C58H38O2. The van der Waals surface area contributed by atoms with Crippen molar-refractivity contribution in [1.29, 1.82) is 0 Å². The van der Waals surface area contributed by atoms with Crippen molar-refractivity contribution in [3.05, 3.63) is 198 Å². The second-order valence-corrected chi connectivity index (χ2v) is 17.1. The van der Waals surface area contributed by atoms with E-state index >= 15 is 0 Å². The molecule has 282 valence electrons. The lowest BCUT2D eigenvalue weighted by Gasteiger charge is -2.23. The average Bonchev–Trinajstić information content (AvgIpc) is 3.85. The summed E-state index contributed by atoms with van der Waals surface area (Å²) in [5, 5.41) is 9.47. The van der Waals surface area contributed by atoms with Crippen molar-refractivity contribution >= 4 is 71.5 Å². The highest BCUT2D eigenvalue weighted by Gasteiger charge is 2.36. The summed E-state index contributed by atoms with van der Waals surface area (Å²) >= 11 is 0. The van der Waals surface area contributed by atoms with E-state index in [-0.39, 0.29) is 5.41 Å². The second kappa shape index (κ2) is 12.3. The number of fused-ring (bicyclic) bond motifs is 13. The van der Waals surface area contributed by atoms with E-state index < -0.39 is 0 Å². The third-order valence-corrected chi connectivity index (χ3v) is 13.5. The van der Waals surface area contributed by atoms with Crippen LogP contribution in [0.15, 0.2) is 185 Å². The maximum Gasteiger partial charge on any atom is 0.178 e. The van der Waals surface area contributed by atoms with Crippen LogP contribution in [0.2, 0.25) is 0 Å². The molecule has 2 aromatic heterocycles. The Hall–Kier alpha value is -7.42. The molecule has 13 rings (SSSR count). The zero-order chi connectivity index (χ0) is 39.7. The Morgan fingerprint density at radius 1 is 0.417 bits per heavy atom. The number of hydrogen-bond donors (Lipinski definition) is 0. The van der Waals surface area contributed by atoms with Gasteiger partial charge in [-0.05, 0) is 137 Å². The highest BCUT2D eigenvalue weighted by molar-refractivity contribution is 6.22. The summed E-state index contributed by atoms with van der Waals surface area (Å²) in [4.78, 5) is 0. The van der Waals surface area contributed by atoms with Crippen LogP contribution in [0, 0.1) is 0 Å². The highest BCUT2D eigenvalue weighted by atomic mass is 16.4. The van der Waals surface area contributed by atoms with E-state index in [1.165, 1.54) is 88.3 Å². The van der Waals surface area contributed by atoms with Gasteiger partial charge in [0.25, 0.3) is 0 Å². The van der Waals surface area contributed by atoms with Crippen molar-refractivity contribution in [2.24, 2.45) is 0 Å². The Bertz CT molecular complexity index is 3660. The van der Waals surface area contributed by atoms with Crippen molar-refractivity contribution in [2.75, 3.05) is 0 Å². The normalized spacial score (nSPS) is 14.1. The standard InChI is InChI=1S/C58H38O2/c1-58(2)50-32-37(36-24-29-53-49(31-36)48-28-27-47-42-14-10-11-19-52(42)59-56(47)57(48)60-53)22-25-40(50)41-26-23-39(33-51(41)58)55-45-17-8-6-15-43(45)54(44-16-7-9-18-46(44)55)38-21-20-34-12-4-3-5-13-35(34)30-38/h3-12,14-33H,13H2,1-2H3. The Kier molecular flexibility index (Phi) is 6.88. The van der Waals surface area contributed by atoms with Gasteiger partial charge in [-0.25, -0.2) is 0 Å². The van der Waals surface area contributed by atoms with Crippen molar-refractivity contribution < 1.29 is 8.83 Å². The van der Waals surface area contributed by atoms with Gasteiger partial charge in [-0.2, -0.15) is 0 Å². The molecule has 0 unspecified atom stereocenters. The number of benzene rings is 9. The molecule has 0 N–H and O–H groups in total. The minimum Gasteiger partial charge on any atom is -0.452 e. The molecule has 2 aliphatic rings. The van der Waals surface area contributed by atoms with E-state index in [1.807, 2.05) is 12.1 Å². The summed E-state index contributed by atoms with van der Waals surface area (Å²) in [7, 11) is 0. The number of hydrogen-bond acceptors (Lipinski definition) is 2. The van der Waals surface area contributed by atoms with Crippen LogP contribution in [0.4, 0.5) is 0 Å². The zero-order valence-electron chi connectivity index (χ0n) is 33.3. The molecule has 2 nitrogen and oxygen atoms in total. The van der Waals surface area contributed by atoms with E-state index in [2.05, 4.69) is 184 Å². The Morgan fingerprint density at radius 3 is 1.62 bits per heavy atom. The summed E-state index contributed by atoms with van der Waals surface area (Å²) in [6.45, 7) is 4.78. The first-order valence-electron chi connectivity index (χ1n) is 21.0. The molecule has 0 aliphatic heterocycles. The Morgan fingerprint density at radius 2 is 0.933 bits per heavy atom. The fourth-order valence-electron chi connectivity index (χ4n) is 10.6. The third-order valence-electron chi connectivity index (χ3n) is 13.5. The summed E-state index contributed by atoms with van der Waals surface area (Å²) in [5.41, 5.74) is 18.6. The topological polar surface area (TPSA) is 26.3 Å². The van der Waals surface area contributed by atoms with E-state index in [9.17, 15) is 0 Å². The van der Waals surface area contributed by atoms with E-state index in [0.717, 1.165) is 50.3 Å². The lowest BCUT2D eigenvalue weighted by atomic mass is 9.80. The summed E-state index contributed by atoms with van der Waals surface area (Å²) in [6.07, 6.45) is 9.70. The first kappa shape index (κ1) is 33.5. The van der Waals surface area contributed by atoms with Crippen LogP contribution in [0.5, 0.6) is 0 Å². The molecule has 2 heteroatoms. The number of rotatable bonds is 3. The highest BCUT2D eigenvalue weighted by Crippen LogP contribution is 2.52. The lowest BCUT2D eigenvalue weighted by molar-refractivity contribution is 0.633. The Balaban J connectivity index is 0.924.